The van der Waals surface area contributed by atoms with Gasteiger partial charge in [-0.05, 0) is 69.0 Å². The van der Waals surface area contributed by atoms with Crippen LogP contribution in [0.15, 0.2) is 18.2 Å². The van der Waals surface area contributed by atoms with Gasteiger partial charge in [0.25, 0.3) is 0 Å². The van der Waals surface area contributed by atoms with E-state index in [4.69, 9.17) is 9.47 Å². The summed E-state index contributed by atoms with van der Waals surface area (Å²) in [5, 5.41) is 0. The fourth-order valence-corrected chi connectivity index (χ4v) is 5.62. The molecule has 0 aromatic heterocycles. The monoisotopic (exact) mass is 301 g/mol. The molecule has 2 aliphatic heterocycles. The number of hydrogen-bond acceptors (Lipinski definition) is 3. The average molecular weight is 301 g/mol. The van der Waals surface area contributed by atoms with Gasteiger partial charge in [0.15, 0.2) is 0 Å². The van der Waals surface area contributed by atoms with Crippen molar-refractivity contribution in [2.45, 2.75) is 56.1 Å². The summed E-state index contributed by atoms with van der Waals surface area (Å²) < 4.78 is 12.1. The zero-order valence-corrected chi connectivity index (χ0v) is 14.0. The van der Waals surface area contributed by atoms with Crippen LogP contribution in [-0.2, 0) is 16.6 Å². The van der Waals surface area contributed by atoms with Gasteiger partial charge < -0.3 is 14.4 Å². The number of ether oxygens (including phenoxy) is 2. The van der Waals surface area contributed by atoms with E-state index in [-0.39, 0.29) is 11.0 Å². The van der Waals surface area contributed by atoms with Crippen molar-refractivity contribution in [3.05, 3.63) is 29.3 Å². The van der Waals surface area contributed by atoms with E-state index in [9.17, 15) is 0 Å². The van der Waals surface area contributed by atoms with Crippen LogP contribution in [0.2, 0.25) is 0 Å². The second kappa shape index (κ2) is 4.97. The first-order valence-corrected chi connectivity index (χ1v) is 8.68. The number of methoxy groups -OCH3 is 1. The van der Waals surface area contributed by atoms with Crippen molar-refractivity contribution in [2.24, 2.45) is 0 Å². The van der Waals surface area contributed by atoms with Crippen LogP contribution in [0.4, 0.5) is 0 Å². The van der Waals surface area contributed by atoms with Gasteiger partial charge in [-0.1, -0.05) is 13.0 Å². The highest BCUT2D eigenvalue weighted by Gasteiger charge is 2.63. The van der Waals surface area contributed by atoms with E-state index in [1.165, 1.54) is 36.9 Å². The molecule has 120 valence electrons. The molecule has 3 nitrogen and oxygen atoms in total. The molecule has 1 aromatic carbocycles. The fourth-order valence-electron chi connectivity index (χ4n) is 5.62. The SMILES string of the molecule is CC[C@@]12OCCC[C@@]13CCN(C)[C@@H]2Cc1ccc(OC)cc13. The van der Waals surface area contributed by atoms with E-state index < -0.39 is 0 Å². The molecule has 1 aromatic rings. The van der Waals surface area contributed by atoms with Crippen LogP contribution in [0.5, 0.6) is 5.75 Å². The van der Waals surface area contributed by atoms with Crippen molar-refractivity contribution in [2.75, 3.05) is 27.3 Å². The lowest BCUT2D eigenvalue weighted by Gasteiger charge is -2.65. The van der Waals surface area contributed by atoms with Crippen molar-refractivity contribution in [1.29, 1.82) is 0 Å². The highest BCUT2D eigenvalue weighted by molar-refractivity contribution is 5.48. The molecule has 3 atom stereocenters. The summed E-state index contributed by atoms with van der Waals surface area (Å²) in [7, 11) is 4.04. The lowest BCUT2D eigenvalue weighted by Crippen LogP contribution is -2.72. The van der Waals surface area contributed by atoms with Gasteiger partial charge in [-0.3, -0.25) is 0 Å². The van der Waals surface area contributed by atoms with Gasteiger partial charge in [0.2, 0.25) is 0 Å². The van der Waals surface area contributed by atoms with E-state index in [0.29, 0.717) is 6.04 Å². The fraction of sp³-hybridized carbons (Fsp3) is 0.684. The summed E-state index contributed by atoms with van der Waals surface area (Å²) in [6, 6.07) is 7.22. The zero-order valence-electron chi connectivity index (χ0n) is 14.0. The van der Waals surface area contributed by atoms with Gasteiger partial charge in [0.1, 0.15) is 5.75 Å². The highest BCUT2D eigenvalue weighted by Crippen LogP contribution is 2.58. The summed E-state index contributed by atoms with van der Waals surface area (Å²) in [5.74, 6) is 0.987. The molecule has 0 spiro atoms. The van der Waals surface area contributed by atoms with Crippen LogP contribution in [0.3, 0.4) is 0 Å². The van der Waals surface area contributed by atoms with E-state index in [1.54, 1.807) is 7.11 Å². The number of rotatable bonds is 2. The Labute approximate surface area is 133 Å². The van der Waals surface area contributed by atoms with Gasteiger partial charge in [-0.2, -0.15) is 0 Å². The zero-order chi connectivity index (χ0) is 15.4. The summed E-state index contributed by atoms with van der Waals surface area (Å²) >= 11 is 0. The minimum Gasteiger partial charge on any atom is -0.497 e. The van der Waals surface area contributed by atoms with Gasteiger partial charge in [0, 0.05) is 18.1 Å². The summed E-state index contributed by atoms with van der Waals surface area (Å²) in [6.45, 7) is 4.41. The van der Waals surface area contributed by atoms with Crippen LogP contribution in [-0.4, -0.2) is 43.9 Å². The van der Waals surface area contributed by atoms with Crippen LogP contribution >= 0.6 is 0 Å². The summed E-state index contributed by atoms with van der Waals surface area (Å²) in [5.41, 5.74) is 3.18. The lowest BCUT2D eigenvalue weighted by atomic mass is 9.51. The van der Waals surface area contributed by atoms with Crippen molar-refractivity contribution in [3.8, 4) is 5.75 Å². The van der Waals surface area contributed by atoms with Crippen LogP contribution < -0.4 is 4.74 Å². The number of piperidine rings is 1. The van der Waals surface area contributed by atoms with Crippen LogP contribution in [0.25, 0.3) is 0 Å². The molecule has 2 bridgehead atoms. The van der Waals surface area contributed by atoms with Crippen molar-refractivity contribution in [3.63, 3.8) is 0 Å². The first kappa shape index (κ1) is 14.5. The minimum absolute atomic E-state index is 0.0163. The first-order chi connectivity index (χ1) is 10.7. The maximum Gasteiger partial charge on any atom is 0.119 e. The van der Waals surface area contributed by atoms with E-state index in [0.717, 1.165) is 25.2 Å². The maximum absolute atomic E-state index is 6.59. The number of nitrogens with zero attached hydrogens (tertiary/aromatic N) is 1. The molecule has 1 aliphatic carbocycles. The average Bonchev–Trinajstić information content (AvgIpc) is 2.57. The molecule has 2 heterocycles. The number of benzene rings is 1. The van der Waals surface area contributed by atoms with Crippen molar-refractivity contribution >= 4 is 0 Å². The normalized spacial score (nSPS) is 37.3. The quantitative estimate of drug-likeness (QED) is 0.837. The predicted molar refractivity (Wildman–Crippen MR) is 87.6 cm³/mol. The molecule has 0 amide bonds. The molecule has 0 saturated carbocycles. The van der Waals surface area contributed by atoms with Gasteiger partial charge >= 0.3 is 0 Å². The number of likely N-dealkylation sites (N-methyl/N-ethyl adjacent to an activating group) is 1. The predicted octanol–water partition coefficient (Wildman–Crippen LogP) is 3.15. The lowest BCUT2D eigenvalue weighted by molar-refractivity contribution is -0.205. The van der Waals surface area contributed by atoms with Crippen LogP contribution in [0.1, 0.15) is 43.7 Å². The third-order valence-electron chi connectivity index (χ3n) is 6.65. The largest absolute Gasteiger partial charge is 0.497 e. The van der Waals surface area contributed by atoms with E-state index in [1.807, 2.05) is 0 Å². The summed E-state index contributed by atoms with van der Waals surface area (Å²) in [6.07, 6.45) is 5.83. The molecular weight excluding hydrogens is 274 g/mol. The topological polar surface area (TPSA) is 21.7 Å². The Hall–Kier alpha value is -1.06. The first-order valence-electron chi connectivity index (χ1n) is 8.68. The molecule has 0 radical (unpaired) electrons. The van der Waals surface area contributed by atoms with Crippen molar-refractivity contribution in [1.82, 2.24) is 4.90 Å². The molecule has 2 saturated heterocycles. The Bertz CT molecular complexity index is 587. The molecular formula is C19H27NO2. The molecule has 3 aliphatic rings. The Morgan fingerprint density at radius 1 is 1.36 bits per heavy atom. The highest BCUT2D eigenvalue weighted by atomic mass is 16.5. The molecule has 4 rings (SSSR count). The Kier molecular flexibility index (Phi) is 3.28. The Morgan fingerprint density at radius 3 is 3.00 bits per heavy atom. The van der Waals surface area contributed by atoms with Gasteiger partial charge in [-0.15, -0.1) is 0 Å². The van der Waals surface area contributed by atoms with Crippen LogP contribution in [0, 0.1) is 0 Å². The smallest absolute Gasteiger partial charge is 0.119 e. The van der Waals surface area contributed by atoms with Gasteiger partial charge in [-0.25, -0.2) is 0 Å². The standard InChI is InChI=1S/C19H27NO2/c1-4-19-17-12-14-6-7-15(21-3)13-16(14)18(19,8-5-11-22-19)9-10-20(17)2/h6-7,13,17H,4-5,8-12H2,1-3H3/t17-,18+,19+/m1/s1. The second-order valence-corrected chi connectivity index (χ2v) is 7.25. The maximum atomic E-state index is 6.59. The second-order valence-electron chi connectivity index (χ2n) is 7.25. The van der Waals surface area contributed by atoms with Gasteiger partial charge in [0.05, 0.1) is 12.7 Å². The molecule has 0 unspecified atom stereocenters. The molecule has 0 N–H and O–H groups in total. The minimum atomic E-state index is -0.0163. The van der Waals surface area contributed by atoms with E-state index >= 15 is 0 Å². The Balaban J connectivity index is 1.95. The molecule has 2 fully saturated rings. The number of fused-ring (bicyclic) bond motifs is 1. The van der Waals surface area contributed by atoms with E-state index in [2.05, 4.69) is 37.1 Å². The van der Waals surface area contributed by atoms with Crippen molar-refractivity contribution < 1.29 is 9.47 Å². The molecule has 3 heteroatoms. The third-order valence-corrected chi connectivity index (χ3v) is 6.65. The number of likely N-dealkylation sites (tertiary alicyclic amines) is 1. The third kappa shape index (κ3) is 1.64. The summed E-state index contributed by atoms with van der Waals surface area (Å²) in [4.78, 5) is 2.54. The number of hydrogen-bond donors (Lipinski definition) is 0. The molecule has 22 heavy (non-hydrogen) atoms. The Morgan fingerprint density at radius 2 is 2.23 bits per heavy atom.